The van der Waals surface area contributed by atoms with Crippen molar-refractivity contribution in [2.24, 2.45) is 24.6 Å². The first-order valence-electron chi connectivity index (χ1n) is 7.26. The summed E-state index contributed by atoms with van der Waals surface area (Å²) >= 11 is 6.17. The fourth-order valence-corrected chi connectivity index (χ4v) is 2.75. The van der Waals surface area contributed by atoms with Gasteiger partial charge in [-0.25, -0.2) is 0 Å². The van der Waals surface area contributed by atoms with Crippen molar-refractivity contribution in [3.05, 3.63) is 16.4 Å². The molecular formula is C15H26ClN3O. The van der Waals surface area contributed by atoms with Crippen molar-refractivity contribution in [1.29, 1.82) is 0 Å². The summed E-state index contributed by atoms with van der Waals surface area (Å²) in [6.45, 7) is 6.91. The van der Waals surface area contributed by atoms with E-state index in [1.165, 1.54) is 0 Å². The molecule has 0 aliphatic carbocycles. The third-order valence-corrected chi connectivity index (χ3v) is 4.39. The minimum absolute atomic E-state index is 0.220. The predicted molar refractivity (Wildman–Crippen MR) is 82.9 cm³/mol. The van der Waals surface area contributed by atoms with Gasteiger partial charge >= 0.3 is 0 Å². The van der Waals surface area contributed by atoms with Gasteiger partial charge < -0.3 is 5.73 Å². The summed E-state index contributed by atoms with van der Waals surface area (Å²) in [5.74, 6) is 1.30. The molecule has 0 aliphatic heterocycles. The minimum atomic E-state index is 0.220. The van der Waals surface area contributed by atoms with Gasteiger partial charge in [0.1, 0.15) is 5.78 Å². The normalized spacial score (nSPS) is 12.9. The Kier molecular flexibility index (Phi) is 6.69. The highest BCUT2D eigenvalue weighted by atomic mass is 35.5. The zero-order chi connectivity index (χ0) is 15.3. The van der Waals surface area contributed by atoms with Crippen LogP contribution in [-0.2, 0) is 18.3 Å². The van der Waals surface area contributed by atoms with E-state index in [4.69, 9.17) is 17.3 Å². The Hall–Kier alpha value is -0.870. The summed E-state index contributed by atoms with van der Waals surface area (Å²) in [6.07, 6.45) is 2.84. The number of nitrogens with zero attached hydrogens (tertiary/aromatic N) is 2. The van der Waals surface area contributed by atoms with Gasteiger partial charge in [0.2, 0.25) is 0 Å². The van der Waals surface area contributed by atoms with Crippen LogP contribution >= 0.6 is 11.6 Å². The Labute approximate surface area is 126 Å². The van der Waals surface area contributed by atoms with E-state index < -0.39 is 0 Å². The van der Waals surface area contributed by atoms with Crippen LogP contribution in [0.2, 0.25) is 5.02 Å². The van der Waals surface area contributed by atoms with E-state index in [0.29, 0.717) is 36.2 Å². The van der Waals surface area contributed by atoms with E-state index in [1.807, 2.05) is 14.0 Å². The number of ketones is 1. The molecule has 20 heavy (non-hydrogen) atoms. The standard InChI is InChI=1S/C15H26ClN3O/c1-10(2)12(7-8-17)5-6-13(20)9-14-15(16)11(3)18-19(14)4/h10,12H,5-9,17H2,1-4H3. The first-order chi connectivity index (χ1) is 9.36. The lowest BCUT2D eigenvalue weighted by molar-refractivity contribution is -0.118. The number of carbonyl (C=O) groups is 1. The lowest BCUT2D eigenvalue weighted by Crippen LogP contribution is -2.16. The number of halogens is 1. The number of hydrogen-bond acceptors (Lipinski definition) is 3. The summed E-state index contributed by atoms with van der Waals surface area (Å²) in [7, 11) is 1.83. The van der Waals surface area contributed by atoms with Crippen LogP contribution in [-0.4, -0.2) is 22.1 Å². The monoisotopic (exact) mass is 299 g/mol. The van der Waals surface area contributed by atoms with Crippen molar-refractivity contribution in [3.63, 3.8) is 0 Å². The highest BCUT2D eigenvalue weighted by Gasteiger charge is 2.17. The SMILES string of the molecule is Cc1nn(C)c(CC(=O)CCC(CCN)C(C)C)c1Cl. The molecule has 2 N–H and O–H groups in total. The van der Waals surface area contributed by atoms with Gasteiger partial charge in [-0.15, -0.1) is 0 Å². The molecule has 0 aromatic carbocycles. The Balaban J connectivity index is 2.55. The third kappa shape index (κ3) is 4.60. The third-order valence-electron chi connectivity index (χ3n) is 3.90. The van der Waals surface area contributed by atoms with E-state index in [9.17, 15) is 4.79 Å². The molecule has 114 valence electrons. The van der Waals surface area contributed by atoms with Gasteiger partial charge in [0.25, 0.3) is 0 Å². The van der Waals surface area contributed by atoms with Gasteiger partial charge in [0, 0.05) is 19.9 Å². The van der Waals surface area contributed by atoms with Crippen molar-refractivity contribution in [2.45, 2.75) is 46.5 Å². The van der Waals surface area contributed by atoms with Crippen LogP contribution in [0.3, 0.4) is 0 Å². The summed E-state index contributed by atoms with van der Waals surface area (Å²) in [4.78, 5) is 12.1. The highest BCUT2D eigenvalue weighted by molar-refractivity contribution is 6.32. The number of aromatic nitrogens is 2. The summed E-state index contributed by atoms with van der Waals surface area (Å²) < 4.78 is 1.70. The number of nitrogens with two attached hydrogens (primary N) is 1. The van der Waals surface area contributed by atoms with Gasteiger partial charge in [0.15, 0.2) is 0 Å². The Bertz CT molecular complexity index is 454. The fourth-order valence-electron chi connectivity index (χ4n) is 2.52. The topological polar surface area (TPSA) is 60.9 Å². The zero-order valence-corrected chi connectivity index (χ0v) is 13.7. The molecule has 4 nitrogen and oxygen atoms in total. The molecule has 1 aromatic rings. The number of rotatable bonds is 8. The van der Waals surface area contributed by atoms with E-state index in [0.717, 1.165) is 24.2 Å². The van der Waals surface area contributed by atoms with Crippen molar-refractivity contribution in [3.8, 4) is 0 Å². The molecule has 1 rings (SSSR count). The molecule has 1 aromatic heterocycles. The molecule has 0 bridgehead atoms. The van der Waals surface area contributed by atoms with E-state index in [-0.39, 0.29) is 5.78 Å². The van der Waals surface area contributed by atoms with E-state index in [2.05, 4.69) is 18.9 Å². The molecule has 0 spiro atoms. The molecule has 1 unspecified atom stereocenters. The number of carbonyl (C=O) groups excluding carboxylic acids is 1. The van der Waals surface area contributed by atoms with Crippen LogP contribution in [0.5, 0.6) is 0 Å². The average Bonchev–Trinajstić information content (AvgIpc) is 2.61. The van der Waals surface area contributed by atoms with Crippen LogP contribution in [0.1, 0.15) is 44.5 Å². The van der Waals surface area contributed by atoms with Crippen LogP contribution in [0.25, 0.3) is 0 Å². The first kappa shape index (κ1) is 17.2. The molecule has 0 fully saturated rings. The predicted octanol–water partition coefficient (Wildman–Crippen LogP) is 2.89. The van der Waals surface area contributed by atoms with E-state index in [1.54, 1.807) is 4.68 Å². The Morgan fingerprint density at radius 2 is 2.05 bits per heavy atom. The van der Waals surface area contributed by atoms with Crippen molar-refractivity contribution in [2.75, 3.05) is 6.54 Å². The zero-order valence-electron chi connectivity index (χ0n) is 12.9. The Morgan fingerprint density at radius 1 is 1.40 bits per heavy atom. The van der Waals surface area contributed by atoms with Crippen LogP contribution < -0.4 is 5.73 Å². The van der Waals surface area contributed by atoms with Crippen LogP contribution in [0.4, 0.5) is 0 Å². The largest absolute Gasteiger partial charge is 0.330 e. The second-order valence-electron chi connectivity index (χ2n) is 5.81. The second kappa shape index (κ2) is 7.79. The molecule has 1 atom stereocenters. The fraction of sp³-hybridized carbons (Fsp3) is 0.733. The summed E-state index contributed by atoms with van der Waals surface area (Å²) in [5.41, 5.74) is 7.22. The molecular weight excluding hydrogens is 274 g/mol. The molecule has 0 amide bonds. The molecule has 0 aliphatic rings. The van der Waals surface area contributed by atoms with Gasteiger partial charge in [-0.05, 0) is 38.1 Å². The first-order valence-corrected chi connectivity index (χ1v) is 7.64. The smallest absolute Gasteiger partial charge is 0.138 e. The van der Waals surface area contributed by atoms with Crippen molar-refractivity contribution < 1.29 is 4.79 Å². The Morgan fingerprint density at radius 3 is 2.50 bits per heavy atom. The molecule has 5 heteroatoms. The van der Waals surface area contributed by atoms with Gasteiger partial charge in [-0.2, -0.15) is 5.10 Å². The van der Waals surface area contributed by atoms with Crippen molar-refractivity contribution >= 4 is 17.4 Å². The maximum absolute atomic E-state index is 12.1. The lowest BCUT2D eigenvalue weighted by atomic mass is 9.87. The summed E-state index contributed by atoms with van der Waals surface area (Å²) in [5, 5.41) is 4.85. The number of Topliss-reactive ketones (excluding diaryl/α,β-unsaturated/α-hetero) is 1. The van der Waals surface area contributed by atoms with Gasteiger partial charge in [-0.1, -0.05) is 25.4 Å². The average molecular weight is 300 g/mol. The van der Waals surface area contributed by atoms with Gasteiger partial charge in [-0.3, -0.25) is 9.48 Å². The molecule has 0 saturated heterocycles. The lowest BCUT2D eigenvalue weighted by Gasteiger charge is -2.19. The quantitative estimate of drug-likeness (QED) is 0.803. The highest BCUT2D eigenvalue weighted by Crippen LogP contribution is 2.23. The van der Waals surface area contributed by atoms with Crippen molar-refractivity contribution in [1.82, 2.24) is 9.78 Å². The number of aryl methyl sites for hydroxylation is 2. The second-order valence-corrected chi connectivity index (χ2v) is 6.18. The molecule has 1 heterocycles. The maximum Gasteiger partial charge on any atom is 0.138 e. The molecule has 0 saturated carbocycles. The van der Waals surface area contributed by atoms with Crippen LogP contribution in [0.15, 0.2) is 0 Å². The minimum Gasteiger partial charge on any atom is -0.330 e. The van der Waals surface area contributed by atoms with E-state index >= 15 is 0 Å². The van der Waals surface area contributed by atoms with Crippen LogP contribution in [0, 0.1) is 18.8 Å². The van der Waals surface area contributed by atoms with Gasteiger partial charge in [0.05, 0.1) is 16.4 Å². The molecule has 0 radical (unpaired) electrons. The maximum atomic E-state index is 12.1. The number of hydrogen-bond donors (Lipinski definition) is 1. The summed E-state index contributed by atoms with van der Waals surface area (Å²) in [6, 6.07) is 0.